The second-order valence-electron chi connectivity index (χ2n) is 4.17. The van der Waals surface area contributed by atoms with Crippen molar-refractivity contribution in [3.05, 3.63) is 0 Å². The monoisotopic (exact) mass is 294 g/mol. The maximum atomic E-state index is 11.5. The van der Waals surface area contributed by atoms with E-state index in [9.17, 15) is 24.6 Å². The summed E-state index contributed by atoms with van der Waals surface area (Å²) in [6, 6.07) is -2.00. The maximum absolute atomic E-state index is 11.5. The maximum Gasteiger partial charge on any atom is 0.323 e. The molecule has 0 rings (SSSR count). The highest BCUT2D eigenvalue weighted by atomic mass is 16.6. The van der Waals surface area contributed by atoms with Crippen LogP contribution in [-0.2, 0) is 23.9 Å². The number of aliphatic hydroxyl groups excluding tert-OH is 2. The highest BCUT2D eigenvalue weighted by Crippen LogP contribution is 2.07. The Hall–Kier alpha value is -1.55. The fourth-order valence-corrected chi connectivity index (χ4v) is 1.08. The van der Waals surface area contributed by atoms with E-state index in [1.54, 1.807) is 0 Å². The molecule has 0 fully saturated rings. The summed E-state index contributed by atoms with van der Waals surface area (Å²) >= 11 is 0. The van der Waals surface area contributed by atoms with Gasteiger partial charge in [-0.15, -0.1) is 0 Å². The summed E-state index contributed by atoms with van der Waals surface area (Å²) in [5, 5.41) is 19.3. The van der Waals surface area contributed by atoms with Crippen molar-refractivity contribution in [2.24, 2.45) is 11.5 Å². The summed E-state index contributed by atoms with van der Waals surface area (Å²) < 4.78 is 23.0. The lowest BCUT2D eigenvalue weighted by Gasteiger charge is -2.25. The van der Waals surface area contributed by atoms with Crippen LogP contribution < -0.4 is 11.5 Å². The van der Waals surface area contributed by atoms with Gasteiger partial charge in [0.05, 0.1) is 0 Å². The van der Waals surface area contributed by atoms with E-state index >= 15 is 0 Å². The van der Waals surface area contributed by atoms with E-state index in [1.807, 2.05) is 11.5 Å². The molecule has 20 heavy (non-hydrogen) atoms. The number of aliphatic hydroxyl groups is 2. The van der Waals surface area contributed by atoms with Gasteiger partial charge in [0.2, 0.25) is 0 Å². The van der Waals surface area contributed by atoms with Gasteiger partial charge in [0.15, 0.2) is 12.4 Å². The second-order valence-corrected chi connectivity index (χ2v) is 4.17. The Morgan fingerprint density at radius 1 is 1.25 bits per heavy atom. The molecule has 0 aromatic carbocycles. The molecule has 0 unspecified atom stereocenters. The number of rotatable bonds is 10. The molecular weight excluding hydrogens is 272 g/mol. The number of aldehydes is 1. The molecule has 0 bridgehead atoms. The Balaban J connectivity index is 4.71. The van der Waals surface area contributed by atoms with Crippen LogP contribution in [-0.4, -0.2) is 65.4 Å². The van der Waals surface area contributed by atoms with Crippen LogP contribution in [0, 0.1) is 0 Å². The number of ether oxygens (including phenoxy) is 2. The standard InChI is InChI=1S/C11H20N2O7/c1-5(12)10(17)19-4-8(16)9(7(15)3-14)20-11(18)6(2)13/h3,5-9,15-16H,4,12-13H2,1-2H3/t5-,6-,7-,8+,9-/m0/s1/i/hD2. The third-order valence-corrected chi connectivity index (χ3v) is 2.21. The highest BCUT2D eigenvalue weighted by molar-refractivity contribution is 5.76. The van der Waals surface area contributed by atoms with Gasteiger partial charge in [-0.05, 0) is 13.8 Å². The van der Waals surface area contributed by atoms with Gasteiger partial charge in [-0.1, -0.05) is 0 Å². The molecule has 0 heterocycles. The van der Waals surface area contributed by atoms with Crippen molar-refractivity contribution in [3.8, 4) is 0 Å². The number of nitrogens with two attached hydrogens (primary N) is 2. The molecule has 0 saturated carbocycles. The van der Waals surface area contributed by atoms with E-state index in [2.05, 4.69) is 4.74 Å². The van der Waals surface area contributed by atoms with Gasteiger partial charge in [-0.2, -0.15) is 0 Å². The molecule has 5 atom stereocenters. The van der Waals surface area contributed by atoms with Gasteiger partial charge in [0.1, 0.15) is 33.7 Å². The summed E-state index contributed by atoms with van der Waals surface area (Å²) in [7, 11) is 0. The van der Waals surface area contributed by atoms with Crippen LogP contribution in [0.25, 0.3) is 0 Å². The highest BCUT2D eigenvalue weighted by Gasteiger charge is 2.32. The minimum absolute atomic E-state index is 0.0514. The molecule has 0 radical (unpaired) electrons. The molecule has 0 aliphatic rings. The summed E-state index contributed by atoms with van der Waals surface area (Å²) in [4.78, 5) is 33.5. The fraction of sp³-hybridized carbons (Fsp3) is 0.727. The van der Waals surface area contributed by atoms with Crippen LogP contribution in [0.5, 0.6) is 0 Å². The SMILES string of the molecule is [2H]N[C@@H](C)C(=O)OC[C@@H](O)[C@@H](OC(=O)[C@H](C)N[2H])[C@@H](O)C=O. The van der Waals surface area contributed by atoms with Crippen molar-refractivity contribution in [3.63, 3.8) is 0 Å². The number of carbonyl (C=O) groups excluding carboxylic acids is 3. The first-order valence-electron chi connectivity index (χ1n) is 6.81. The quantitative estimate of drug-likeness (QED) is 0.244. The van der Waals surface area contributed by atoms with Crippen molar-refractivity contribution in [2.75, 3.05) is 6.61 Å². The Labute approximate surface area is 118 Å². The fourth-order valence-electron chi connectivity index (χ4n) is 1.08. The normalized spacial score (nSPS) is 19.6. The first-order chi connectivity index (χ1) is 10.3. The van der Waals surface area contributed by atoms with E-state index < -0.39 is 48.9 Å². The minimum atomic E-state index is -1.83. The molecule has 0 amide bonds. The zero-order valence-corrected chi connectivity index (χ0v) is 11.1. The molecular formula is C11H20N2O7. The third-order valence-electron chi connectivity index (χ3n) is 2.21. The van der Waals surface area contributed by atoms with Crippen molar-refractivity contribution in [1.82, 2.24) is 0 Å². The molecule has 0 aliphatic carbocycles. The van der Waals surface area contributed by atoms with Crippen LogP contribution in [0.2, 0.25) is 2.82 Å². The summed E-state index contributed by atoms with van der Waals surface area (Å²) in [6.45, 7) is 1.99. The second kappa shape index (κ2) is 8.59. The van der Waals surface area contributed by atoms with E-state index in [1.165, 1.54) is 13.8 Å². The van der Waals surface area contributed by atoms with Gasteiger partial charge < -0.3 is 35.9 Å². The number of hydrogen-bond donors (Lipinski definition) is 4. The molecule has 9 heteroatoms. The van der Waals surface area contributed by atoms with Crippen molar-refractivity contribution in [2.45, 2.75) is 44.2 Å². The lowest BCUT2D eigenvalue weighted by atomic mass is 10.1. The first kappa shape index (κ1) is 14.9. The predicted molar refractivity (Wildman–Crippen MR) is 66.2 cm³/mol. The molecule has 9 nitrogen and oxygen atoms in total. The lowest BCUT2D eigenvalue weighted by molar-refractivity contribution is -0.172. The van der Waals surface area contributed by atoms with Gasteiger partial charge in [-0.3, -0.25) is 9.59 Å². The van der Waals surface area contributed by atoms with Crippen LogP contribution >= 0.6 is 0 Å². The number of esters is 2. The average molecular weight is 294 g/mol. The van der Waals surface area contributed by atoms with E-state index in [0.29, 0.717) is 0 Å². The predicted octanol–water partition coefficient (Wildman–Crippen LogP) is -2.94. The van der Waals surface area contributed by atoms with Crippen molar-refractivity contribution >= 4 is 18.2 Å². The molecule has 116 valence electrons. The van der Waals surface area contributed by atoms with E-state index in [0.717, 1.165) is 0 Å². The molecule has 0 spiro atoms. The lowest BCUT2D eigenvalue weighted by Crippen LogP contribution is -2.47. The minimum Gasteiger partial charge on any atom is -0.462 e. The number of carbonyl (C=O) groups is 3. The van der Waals surface area contributed by atoms with E-state index in [-0.39, 0.29) is 6.29 Å². The summed E-state index contributed by atoms with van der Waals surface area (Å²) in [6.07, 6.45) is -5.10. The van der Waals surface area contributed by atoms with Crippen LogP contribution in [0.15, 0.2) is 0 Å². The topological polar surface area (TPSA) is 162 Å². The third kappa shape index (κ3) is 6.06. The molecule has 0 saturated heterocycles. The average Bonchev–Trinajstić information content (AvgIpc) is 2.54. The van der Waals surface area contributed by atoms with Gasteiger partial charge in [0, 0.05) is 0 Å². The molecule has 0 aromatic heterocycles. The Morgan fingerprint density at radius 2 is 1.80 bits per heavy atom. The smallest absolute Gasteiger partial charge is 0.323 e. The van der Waals surface area contributed by atoms with Crippen molar-refractivity contribution in [1.29, 1.82) is 0 Å². The van der Waals surface area contributed by atoms with Gasteiger partial charge in [-0.25, -0.2) is 0 Å². The summed E-state index contributed by atoms with van der Waals surface area (Å²) in [5.74, 6) is -1.83. The van der Waals surface area contributed by atoms with E-state index in [4.69, 9.17) is 7.56 Å². The molecule has 0 aliphatic heterocycles. The van der Waals surface area contributed by atoms with Crippen LogP contribution in [0.1, 0.15) is 13.8 Å². The van der Waals surface area contributed by atoms with Gasteiger partial charge >= 0.3 is 11.9 Å². The zero-order chi connectivity index (χ0) is 17.3. The van der Waals surface area contributed by atoms with Gasteiger partial charge in [0.25, 0.3) is 0 Å². The van der Waals surface area contributed by atoms with Crippen LogP contribution in [0.3, 0.4) is 0 Å². The molecule has 0 aromatic rings. The number of hydrogen-bond acceptors (Lipinski definition) is 9. The Kier molecular flexibility index (Phi) is 6.38. The molecule has 6 N–H and O–H groups in total. The van der Waals surface area contributed by atoms with Crippen LogP contribution in [0.4, 0.5) is 0 Å². The van der Waals surface area contributed by atoms with Crippen molar-refractivity contribution < 1.29 is 36.9 Å². The Bertz CT molecular complexity index is 385. The first-order valence-corrected chi connectivity index (χ1v) is 5.81. The Morgan fingerprint density at radius 3 is 2.30 bits per heavy atom. The summed E-state index contributed by atoms with van der Waals surface area (Å²) in [5.41, 5.74) is 3.73. The largest absolute Gasteiger partial charge is 0.462 e. The zero-order valence-electron chi connectivity index (χ0n) is 13.1.